The van der Waals surface area contributed by atoms with Crippen LogP contribution in [-0.2, 0) is 4.79 Å². The number of rotatable bonds is 0. The minimum absolute atomic E-state index is 0.0316. The highest BCUT2D eigenvalue weighted by Gasteiger charge is 2.41. The molecule has 1 spiro atoms. The number of carbonyl (C=O) groups excluding carboxylic acids is 1. The summed E-state index contributed by atoms with van der Waals surface area (Å²) < 4.78 is 0. The highest BCUT2D eigenvalue weighted by molar-refractivity contribution is 5.96. The predicted octanol–water partition coefficient (Wildman–Crippen LogP) is 2.07. The highest BCUT2D eigenvalue weighted by Crippen LogP contribution is 2.41. The van der Waals surface area contributed by atoms with Gasteiger partial charge in [-0.1, -0.05) is 0 Å². The largest absolute Gasteiger partial charge is 0.362 e. The van der Waals surface area contributed by atoms with Gasteiger partial charge in [0.15, 0.2) is 5.82 Å². The Morgan fingerprint density at radius 2 is 2.19 bits per heavy atom. The second-order valence-electron chi connectivity index (χ2n) is 4.83. The van der Waals surface area contributed by atoms with Crippen molar-refractivity contribution in [3.63, 3.8) is 0 Å². The molecule has 1 aliphatic carbocycles. The minimum atomic E-state index is -0.0316. The molecule has 2 N–H and O–H groups in total. The Hall–Kier alpha value is -1.58. The third kappa shape index (κ3) is 1.45. The number of aromatic nitrogens is 1. The van der Waals surface area contributed by atoms with E-state index in [0.717, 1.165) is 30.0 Å². The molecule has 1 aliphatic heterocycles. The number of carbonyl (C=O) groups is 1. The molecule has 1 saturated carbocycles. The van der Waals surface area contributed by atoms with Gasteiger partial charge >= 0.3 is 0 Å². The van der Waals surface area contributed by atoms with E-state index in [2.05, 4.69) is 15.6 Å². The first kappa shape index (κ1) is 9.63. The quantitative estimate of drug-likeness (QED) is 0.699. The first-order valence-electron chi connectivity index (χ1n) is 5.73. The zero-order valence-electron chi connectivity index (χ0n) is 9.34. The molecule has 4 heteroatoms. The molecule has 1 aromatic rings. The molecule has 4 nitrogen and oxygen atoms in total. The Morgan fingerprint density at radius 3 is 2.88 bits per heavy atom. The standard InChI is InChI=1S/C12H15N3O/c1-8-3-4-9-11(13-8)15-12(5-2-6-12)7-10(16)14-9/h3-4H,2,5-7H2,1H3,(H,13,15)(H,14,16). The normalized spacial score (nSPS) is 21.4. The summed E-state index contributed by atoms with van der Waals surface area (Å²) in [7, 11) is 0. The Kier molecular flexibility index (Phi) is 1.93. The van der Waals surface area contributed by atoms with Gasteiger partial charge in [-0.3, -0.25) is 4.79 Å². The maximum absolute atomic E-state index is 11.8. The Labute approximate surface area is 94.5 Å². The van der Waals surface area contributed by atoms with Crippen LogP contribution in [0.3, 0.4) is 0 Å². The Morgan fingerprint density at radius 1 is 1.38 bits per heavy atom. The molecule has 0 atom stereocenters. The summed E-state index contributed by atoms with van der Waals surface area (Å²) in [5.41, 5.74) is 1.74. The molecule has 2 heterocycles. The lowest BCUT2D eigenvalue weighted by molar-refractivity contribution is -0.117. The van der Waals surface area contributed by atoms with Crippen molar-refractivity contribution in [3.8, 4) is 0 Å². The number of aryl methyl sites for hydroxylation is 1. The van der Waals surface area contributed by atoms with E-state index in [1.165, 1.54) is 6.42 Å². The molecule has 0 aromatic carbocycles. The number of hydrogen-bond acceptors (Lipinski definition) is 3. The van der Waals surface area contributed by atoms with Gasteiger partial charge in [-0.15, -0.1) is 0 Å². The van der Waals surface area contributed by atoms with Crippen molar-refractivity contribution >= 4 is 17.4 Å². The van der Waals surface area contributed by atoms with Crippen LogP contribution in [0.5, 0.6) is 0 Å². The van der Waals surface area contributed by atoms with Gasteiger partial charge in [-0.05, 0) is 38.3 Å². The van der Waals surface area contributed by atoms with E-state index >= 15 is 0 Å². The molecule has 2 aliphatic rings. The van der Waals surface area contributed by atoms with Crippen molar-refractivity contribution in [2.24, 2.45) is 0 Å². The van der Waals surface area contributed by atoms with Gasteiger partial charge in [-0.2, -0.15) is 0 Å². The molecule has 0 saturated heterocycles. The fourth-order valence-electron chi connectivity index (χ4n) is 2.46. The van der Waals surface area contributed by atoms with Crippen molar-refractivity contribution in [1.82, 2.24) is 4.98 Å². The second-order valence-corrected chi connectivity index (χ2v) is 4.83. The van der Waals surface area contributed by atoms with E-state index in [1.807, 2.05) is 19.1 Å². The van der Waals surface area contributed by atoms with Gasteiger partial charge in [-0.25, -0.2) is 4.98 Å². The number of anilines is 2. The topological polar surface area (TPSA) is 54.0 Å². The maximum Gasteiger partial charge on any atom is 0.226 e. The van der Waals surface area contributed by atoms with E-state index in [1.54, 1.807) is 0 Å². The van der Waals surface area contributed by atoms with Crippen LogP contribution in [0, 0.1) is 6.92 Å². The van der Waals surface area contributed by atoms with E-state index in [-0.39, 0.29) is 11.4 Å². The molecule has 3 rings (SSSR count). The summed E-state index contributed by atoms with van der Waals surface area (Å²) in [5.74, 6) is 0.919. The summed E-state index contributed by atoms with van der Waals surface area (Å²) in [6.07, 6.45) is 3.88. The Bertz CT molecular complexity index is 452. The lowest BCUT2D eigenvalue weighted by Gasteiger charge is -2.41. The fourth-order valence-corrected chi connectivity index (χ4v) is 2.46. The number of hydrogen-bond donors (Lipinski definition) is 2. The zero-order valence-corrected chi connectivity index (χ0v) is 9.34. The third-order valence-corrected chi connectivity index (χ3v) is 3.50. The lowest BCUT2D eigenvalue weighted by atomic mass is 9.74. The summed E-state index contributed by atoms with van der Waals surface area (Å²) in [4.78, 5) is 16.2. The van der Waals surface area contributed by atoms with Crippen LogP contribution in [-0.4, -0.2) is 16.4 Å². The third-order valence-electron chi connectivity index (χ3n) is 3.50. The maximum atomic E-state index is 11.8. The summed E-state index contributed by atoms with van der Waals surface area (Å²) in [5, 5.41) is 6.36. The molecule has 0 unspecified atom stereocenters. The highest BCUT2D eigenvalue weighted by atomic mass is 16.1. The van der Waals surface area contributed by atoms with Crippen LogP contribution in [0.4, 0.5) is 11.5 Å². The molecular formula is C12H15N3O. The zero-order chi connectivity index (χ0) is 11.2. The molecule has 0 bridgehead atoms. The van der Waals surface area contributed by atoms with Gasteiger partial charge in [0.25, 0.3) is 0 Å². The molecule has 0 radical (unpaired) electrons. The average molecular weight is 217 g/mol. The molecule has 1 amide bonds. The van der Waals surface area contributed by atoms with E-state index in [0.29, 0.717) is 6.42 Å². The van der Waals surface area contributed by atoms with Crippen molar-refractivity contribution in [2.75, 3.05) is 10.6 Å². The summed E-state index contributed by atoms with van der Waals surface area (Å²) in [6, 6.07) is 3.83. The van der Waals surface area contributed by atoms with Crippen molar-refractivity contribution in [3.05, 3.63) is 17.8 Å². The first-order chi connectivity index (χ1) is 7.67. The molecule has 1 fully saturated rings. The van der Waals surface area contributed by atoms with Crippen molar-refractivity contribution in [2.45, 2.75) is 38.1 Å². The average Bonchev–Trinajstić information content (AvgIpc) is 2.32. The van der Waals surface area contributed by atoms with E-state index in [4.69, 9.17) is 0 Å². The molecular weight excluding hydrogens is 202 g/mol. The molecule has 1 aromatic heterocycles. The molecule has 84 valence electrons. The SMILES string of the molecule is Cc1ccc2c(n1)NC1(CCC1)CC(=O)N2. The lowest BCUT2D eigenvalue weighted by Crippen LogP contribution is -2.46. The van der Waals surface area contributed by atoms with Gasteiger partial charge in [0, 0.05) is 17.7 Å². The van der Waals surface area contributed by atoms with Crippen LogP contribution >= 0.6 is 0 Å². The van der Waals surface area contributed by atoms with Crippen LogP contribution in [0.1, 0.15) is 31.4 Å². The van der Waals surface area contributed by atoms with Crippen LogP contribution in [0.25, 0.3) is 0 Å². The Balaban J connectivity index is 2.02. The second kappa shape index (κ2) is 3.20. The number of pyridine rings is 1. The van der Waals surface area contributed by atoms with E-state index < -0.39 is 0 Å². The van der Waals surface area contributed by atoms with E-state index in [9.17, 15) is 4.79 Å². The summed E-state index contributed by atoms with van der Waals surface area (Å²) >= 11 is 0. The number of nitrogens with zero attached hydrogens (tertiary/aromatic N) is 1. The van der Waals surface area contributed by atoms with Gasteiger partial charge in [0.05, 0.1) is 5.69 Å². The van der Waals surface area contributed by atoms with Gasteiger partial charge in [0.1, 0.15) is 0 Å². The number of amides is 1. The smallest absolute Gasteiger partial charge is 0.226 e. The predicted molar refractivity (Wildman–Crippen MR) is 62.4 cm³/mol. The van der Waals surface area contributed by atoms with Crippen molar-refractivity contribution < 1.29 is 4.79 Å². The van der Waals surface area contributed by atoms with Crippen LogP contribution in [0.15, 0.2) is 12.1 Å². The first-order valence-corrected chi connectivity index (χ1v) is 5.73. The molecule has 16 heavy (non-hydrogen) atoms. The van der Waals surface area contributed by atoms with Crippen LogP contribution in [0.2, 0.25) is 0 Å². The number of fused-ring (bicyclic) bond motifs is 1. The summed E-state index contributed by atoms with van der Waals surface area (Å²) in [6.45, 7) is 1.96. The number of nitrogens with one attached hydrogen (secondary N) is 2. The van der Waals surface area contributed by atoms with Gasteiger partial charge < -0.3 is 10.6 Å². The van der Waals surface area contributed by atoms with Gasteiger partial charge in [0.2, 0.25) is 5.91 Å². The fraction of sp³-hybridized carbons (Fsp3) is 0.500. The minimum Gasteiger partial charge on any atom is -0.362 e. The van der Waals surface area contributed by atoms with Crippen molar-refractivity contribution in [1.29, 1.82) is 0 Å². The van der Waals surface area contributed by atoms with Crippen LogP contribution < -0.4 is 10.6 Å². The monoisotopic (exact) mass is 217 g/mol.